The summed E-state index contributed by atoms with van der Waals surface area (Å²) in [6, 6.07) is 0.450. The number of nitrogens with zero attached hydrogens (tertiary/aromatic N) is 1. The van der Waals surface area contributed by atoms with E-state index in [-0.39, 0.29) is 17.7 Å². The van der Waals surface area contributed by atoms with Crippen LogP contribution in [0.5, 0.6) is 0 Å². The molecule has 2 rings (SSSR count). The molecule has 0 spiro atoms. The van der Waals surface area contributed by atoms with Crippen molar-refractivity contribution in [3.63, 3.8) is 0 Å². The van der Waals surface area contributed by atoms with E-state index in [2.05, 4.69) is 6.92 Å². The molecule has 2 atom stereocenters. The maximum atomic E-state index is 12.3. The van der Waals surface area contributed by atoms with Gasteiger partial charge in [-0.3, -0.25) is 9.59 Å². The van der Waals surface area contributed by atoms with Gasteiger partial charge in [-0.1, -0.05) is 6.92 Å². The Morgan fingerprint density at radius 3 is 2.29 bits per heavy atom. The lowest BCUT2D eigenvalue weighted by Gasteiger charge is -2.25. The van der Waals surface area contributed by atoms with Gasteiger partial charge in [0.2, 0.25) is 5.91 Å². The van der Waals surface area contributed by atoms with Crippen LogP contribution in [0.3, 0.4) is 0 Å². The Hall–Kier alpha value is -1.06. The monoisotopic (exact) mass is 239 g/mol. The van der Waals surface area contributed by atoms with Crippen molar-refractivity contribution in [2.75, 3.05) is 6.54 Å². The number of aliphatic carboxylic acids is 1. The largest absolute Gasteiger partial charge is 0.481 e. The minimum Gasteiger partial charge on any atom is -0.481 e. The fourth-order valence-electron chi connectivity index (χ4n) is 2.76. The smallest absolute Gasteiger partial charge is 0.306 e. The molecule has 0 aliphatic heterocycles. The summed E-state index contributed by atoms with van der Waals surface area (Å²) < 4.78 is 0. The number of amides is 1. The van der Waals surface area contributed by atoms with Crippen molar-refractivity contribution < 1.29 is 14.7 Å². The molecule has 2 unspecified atom stereocenters. The molecule has 0 bridgehead atoms. The van der Waals surface area contributed by atoms with Crippen LogP contribution in [0.25, 0.3) is 0 Å². The third-order valence-corrected chi connectivity index (χ3v) is 3.87. The molecule has 0 radical (unpaired) electrons. The molecular formula is C13H21NO3. The molecule has 0 heterocycles. The van der Waals surface area contributed by atoms with Crippen LogP contribution in [-0.4, -0.2) is 34.5 Å². The molecule has 4 nitrogen and oxygen atoms in total. The van der Waals surface area contributed by atoms with Crippen molar-refractivity contribution in [3.8, 4) is 0 Å². The molecule has 0 saturated heterocycles. The molecule has 1 N–H and O–H groups in total. The maximum Gasteiger partial charge on any atom is 0.306 e. The van der Waals surface area contributed by atoms with Gasteiger partial charge in [-0.2, -0.15) is 0 Å². The Labute approximate surface area is 102 Å². The Morgan fingerprint density at radius 1 is 1.18 bits per heavy atom. The van der Waals surface area contributed by atoms with Crippen molar-refractivity contribution in [3.05, 3.63) is 0 Å². The summed E-state index contributed by atoms with van der Waals surface area (Å²) in [7, 11) is 0. The first-order valence-corrected chi connectivity index (χ1v) is 6.66. The third kappa shape index (κ3) is 2.79. The predicted molar refractivity (Wildman–Crippen MR) is 63.5 cm³/mol. The molecule has 0 aromatic carbocycles. The number of carbonyl (C=O) groups excluding carboxylic acids is 1. The summed E-state index contributed by atoms with van der Waals surface area (Å²) in [4.78, 5) is 25.2. The lowest BCUT2D eigenvalue weighted by molar-refractivity contribution is -0.141. The zero-order chi connectivity index (χ0) is 12.4. The molecule has 4 heteroatoms. The molecule has 2 fully saturated rings. The minimum absolute atomic E-state index is 0.0387. The van der Waals surface area contributed by atoms with Gasteiger partial charge in [0.05, 0.1) is 5.92 Å². The van der Waals surface area contributed by atoms with Gasteiger partial charge in [0.25, 0.3) is 0 Å². The van der Waals surface area contributed by atoms with E-state index in [1.807, 2.05) is 4.90 Å². The third-order valence-electron chi connectivity index (χ3n) is 3.87. The molecule has 17 heavy (non-hydrogen) atoms. The Balaban J connectivity index is 1.92. The molecule has 96 valence electrons. The van der Waals surface area contributed by atoms with Gasteiger partial charge in [-0.15, -0.1) is 0 Å². The highest BCUT2D eigenvalue weighted by atomic mass is 16.4. The van der Waals surface area contributed by atoms with Gasteiger partial charge in [-0.25, -0.2) is 0 Å². The van der Waals surface area contributed by atoms with E-state index in [1.54, 1.807) is 0 Å². The normalized spacial score (nSPS) is 28.1. The molecule has 2 aliphatic rings. The summed E-state index contributed by atoms with van der Waals surface area (Å²) >= 11 is 0. The van der Waals surface area contributed by atoms with E-state index < -0.39 is 5.97 Å². The number of hydrogen-bond acceptors (Lipinski definition) is 2. The highest BCUT2D eigenvalue weighted by molar-refractivity contribution is 5.81. The summed E-state index contributed by atoms with van der Waals surface area (Å²) in [5, 5.41) is 8.95. The fraction of sp³-hybridized carbons (Fsp3) is 0.846. The number of carboxylic acid groups (broad SMARTS) is 1. The second-order valence-corrected chi connectivity index (χ2v) is 5.31. The van der Waals surface area contributed by atoms with Crippen LogP contribution in [0, 0.1) is 11.8 Å². The van der Waals surface area contributed by atoms with Gasteiger partial charge in [-0.05, 0) is 38.5 Å². The zero-order valence-electron chi connectivity index (χ0n) is 10.4. The highest BCUT2D eigenvalue weighted by Gasteiger charge is 2.39. The van der Waals surface area contributed by atoms with Crippen LogP contribution >= 0.6 is 0 Å². The minimum atomic E-state index is -0.742. The van der Waals surface area contributed by atoms with Gasteiger partial charge < -0.3 is 10.0 Å². The molecule has 2 aliphatic carbocycles. The molecule has 0 aromatic rings. The van der Waals surface area contributed by atoms with Crippen LogP contribution in [0.1, 0.15) is 45.4 Å². The number of carbonyl (C=O) groups is 2. The van der Waals surface area contributed by atoms with Gasteiger partial charge in [0.15, 0.2) is 0 Å². The number of hydrogen-bond donors (Lipinski definition) is 1. The number of carboxylic acids is 1. The van der Waals surface area contributed by atoms with E-state index in [9.17, 15) is 9.59 Å². The van der Waals surface area contributed by atoms with E-state index in [1.165, 1.54) is 0 Å². The second-order valence-electron chi connectivity index (χ2n) is 5.31. The SMILES string of the molecule is CCCN(C(=O)C1CCC(C(=O)O)C1)C1CC1. The standard InChI is InChI=1S/C13H21NO3/c1-2-7-14(11-5-6-11)12(15)9-3-4-10(8-9)13(16)17/h9-11H,2-8H2,1H3,(H,16,17). The zero-order valence-corrected chi connectivity index (χ0v) is 10.4. The molecular weight excluding hydrogens is 218 g/mol. The average molecular weight is 239 g/mol. The highest BCUT2D eigenvalue weighted by Crippen LogP contribution is 2.35. The van der Waals surface area contributed by atoms with Crippen molar-refractivity contribution in [1.82, 2.24) is 4.90 Å². The Morgan fingerprint density at radius 2 is 1.82 bits per heavy atom. The summed E-state index contributed by atoms with van der Waals surface area (Å²) in [6.07, 6.45) is 5.19. The van der Waals surface area contributed by atoms with Crippen LogP contribution in [0.2, 0.25) is 0 Å². The Bertz CT molecular complexity index is 312. The van der Waals surface area contributed by atoms with Gasteiger partial charge in [0, 0.05) is 18.5 Å². The van der Waals surface area contributed by atoms with Crippen LogP contribution in [0.4, 0.5) is 0 Å². The van der Waals surface area contributed by atoms with Crippen molar-refractivity contribution >= 4 is 11.9 Å². The molecule has 2 saturated carbocycles. The first kappa shape index (κ1) is 12.4. The van der Waals surface area contributed by atoms with Crippen molar-refractivity contribution in [2.24, 2.45) is 11.8 Å². The average Bonchev–Trinajstić information content (AvgIpc) is 3.00. The van der Waals surface area contributed by atoms with Crippen LogP contribution in [0.15, 0.2) is 0 Å². The lowest BCUT2D eigenvalue weighted by Crippen LogP contribution is -2.37. The summed E-state index contributed by atoms with van der Waals surface area (Å²) in [6.45, 7) is 2.91. The van der Waals surface area contributed by atoms with Gasteiger partial charge in [0.1, 0.15) is 0 Å². The topological polar surface area (TPSA) is 57.6 Å². The first-order valence-electron chi connectivity index (χ1n) is 6.66. The maximum absolute atomic E-state index is 12.3. The predicted octanol–water partition coefficient (Wildman–Crippen LogP) is 1.89. The summed E-state index contributed by atoms with van der Waals surface area (Å²) in [5.74, 6) is -0.873. The number of rotatable bonds is 5. The van der Waals surface area contributed by atoms with E-state index in [0.717, 1.165) is 32.2 Å². The van der Waals surface area contributed by atoms with Crippen molar-refractivity contribution in [2.45, 2.75) is 51.5 Å². The second kappa shape index (κ2) is 5.07. The van der Waals surface area contributed by atoms with Crippen LogP contribution < -0.4 is 0 Å². The quantitative estimate of drug-likeness (QED) is 0.797. The Kier molecular flexibility index (Phi) is 3.69. The van der Waals surface area contributed by atoms with E-state index >= 15 is 0 Å². The lowest BCUT2D eigenvalue weighted by atomic mass is 10.0. The molecule has 0 aromatic heterocycles. The fourth-order valence-corrected chi connectivity index (χ4v) is 2.76. The first-order chi connectivity index (χ1) is 8.13. The van der Waals surface area contributed by atoms with E-state index in [4.69, 9.17) is 5.11 Å². The van der Waals surface area contributed by atoms with E-state index in [0.29, 0.717) is 18.9 Å². The van der Waals surface area contributed by atoms with Crippen LogP contribution in [-0.2, 0) is 9.59 Å². The summed E-state index contributed by atoms with van der Waals surface area (Å²) in [5.41, 5.74) is 0. The van der Waals surface area contributed by atoms with Gasteiger partial charge >= 0.3 is 5.97 Å². The molecule has 1 amide bonds. The van der Waals surface area contributed by atoms with Crippen molar-refractivity contribution in [1.29, 1.82) is 0 Å².